The Hall–Kier alpha value is -3.15. The third-order valence-electron chi connectivity index (χ3n) is 8.63. The molecular formula is C47H78NO10P. The summed E-state index contributed by atoms with van der Waals surface area (Å²) in [7, 11) is -4.43. The molecule has 0 aliphatic rings. The van der Waals surface area contributed by atoms with Gasteiger partial charge >= 0.3 is 19.8 Å². The Balaban J connectivity index is 4.43. The van der Waals surface area contributed by atoms with Crippen LogP contribution >= 0.6 is 7.82 Å². The third kappa shape index (κ3) is 41.4. The lowest BCUT2D eigenvalue weighted by atomic mass is 10.1. The smallest absolute Gasteiger partial charge is 0.462 e. The van der Waals surface area contributed by atoms with E-state index < -0.39 is 44.7 Å². The van der Waals surface area contributed by atoms with Crippen molar-refractivity contribution in [2.24, 2.45) is 5.73 Å². The summed E-state index contributed by atoms with van der Waals surface area (Å²) in [5, 5.41) is 20.0. The minimum Gasteiger partial charge on any atom is -0.462 e. The number of hydrogen-bond donors (Lipinski definition) is 4. The van der Waals surface area contributed by atoms with Gasteiger partial charge in [0.15, 0.2) is 6.10 Å². The number of rotatable bonds is 39. The SMILES string of the molecule is CC/C=C\C[C@@H](O)/C=C/C=C\C/C=C\C=C\[C@@H](O)/C=C\CCCC(=O)OC[C@H](COP(=O)(O)OCCN)OC(=O)CCCCCCCCC/C=C\C/C=C\CCCCC. The zero-order valence-electron chi connectivity index (χ0n) is 36.2. The van der Waals surface area contributed by atoms with E-state index in [1.807, 2.05) is 42.5 Å². The topological polar surface area (TPSA) is 175 Å². The van der Waals surface area contributed by atoms with Gasteiger partial charge in [0.1, 0.15) is 6.61 Å². The minimum absolute atomic E-state index is 0.0173. The summed E-state index contributed by atoms with van der Waals surface area (Å²) in [5.74, 6) is -1.03. The van der Waals surface area contributed by atoms with Gasteiger partial charge in [-0.1, -0.05) is 156 Å². The van der Waals surface area contributed by atoms with Gasteiger partial charge in [0.25, 0.3) is 0 Å². The highest BCUT2D eigenvalue weighted by molar-refractivity contribution is 7.47. The number of esters is 2. The summed E-state index contributed by atoms with van der Waals surface area (Å²) in [4.78, 5) is 34.9. The molecule has 0 amide bonds. The molecule has 12 heteroatoms. The van der Waals surface area contributed by atoms with Crippen molar-refractivity contribution >= 4 is 19.8 Å². The van der Waals surface area contributed by atoms with Crippen LogP contribution in [0.5, 0.6) is 0 Å². The molecule has 0 aromatic heterocycles. The van der Waals surface area contributed by atoms with E-state index in [-0.39, 0.29) is 32.6 Å². The standard InChI is InChI=1S/C47H78NO10P/c1-3-5-7-8-9-10-11-12-13-14-15-16-17-18-22-25-31-38-47(52)58-45(42-57-59(53,54)56-40-39-48)41-55-46(51)37-32-26-30-36-44(50)35-29-24-21-19-20-23-28-34-43(49)33-27-6-4-2/h6,9-10,12-13,20-21,23-24,27-30,34-36,43-45,49-50H,3-5,7-8,11,14-19,22,25-26,31-33,37-42,48H2,1-2H3,(H,53,54)/b10-9-,13-12-,23-20-,24-21-,27-6-,34-28+,35-29+,36-30-/t43-,44-,45-/m1/s1. The van der Waals surface area contributed by atoms with Crippen molar-refractivity contribution in [3.8, 4) is 0 Å². The molecular weight excluding hydrogens is 769 g/mol. The second-order valence-corrected chi connectivity index (χ2v) is 15.7. The molecule has 0 heterocycles. The first-order valence-electron chi connectivity index (χ1n) is 21.9. The van der Waals surface area contributed by atoms with Crippen molar-refractivity contribution in [2.75, 3.05) is 26.4 Å². The van der Waals surface area contributed by atoms with Crippen molar-refractivity contribution in [1.29, 1.82) is 0 Å². The average molecular weight is 848 g/mol. The van der Waals surface area contributed by atoms with Gasteiger partial charge in [-0.05, 0) is 70.6 Å². The zero-order valence-corrected chi connectivity index (χ0v) is 37.1. The first-order valence-corrected chi connectivity index (χ1v) is 23.4. The third-order valence-corrected chi connectivity index (χ3v) is 9.61. The molecule has 1 unspecified atom stereocenters. The molecule has 5 N–H and O–H groups in total. The number of aliphatic hydroxyl groups excluding tert-OH is 2. The molecule has 0 fully saturated rings. The highest BCUT2D eigenvalue weighted by atomic mass is 31.2. The van der Waals surface area contributed by atoms with Gasteiger partial charge in [-0.15, -0.1) is 0 Å². The van der Waals surface area contributed by atoms with Gasteiger partial charge in [0.05, 0.1) is 25.4 Å². The van der Waals surface area contributed by atoms with E-state index in [0.29, 0.717) is 32.1 Å². The Labute approximate surface area is 356 Å². The van der Waals surface area contributed by atoms with Crippen LogP contribution in [0.1, 0.15) is 142 Å². The fourth-order valence-corrected chi connectivity index (χ4v) is 6.11. The first-order chi connectivity index (χ1) is 28.6. The molecule has 0 saturated carbocycles. The molecule has 0 aromatic rings. The predicted octanol–water partition coefficient (Wildman–Crippen LogP) is 10.5. The summed E-state index contributed by atoms with van der Waals surface area (Å²) in [6.07, 6.45) is 46.5. The van der Waals surface area contributed by atoms with Crippen molar-refractivity contribution in [3.05, 3.63) is 97.2 Å². The van der Waals surface area contributed by atoms with E-state index in [1.54, 1.807) is 30.4 Å². The summed E-state index contributed by atoms with van der Waals surface area (Å²) < 4.78 is 32.6. The predicted molar refractivity (Wildman–Crippen MR) is 240 cm³/mol. The number of nitrogens with two attached hydrogens (primary N) is 1. The van der Waals surface area contributed by atoms with Crippen LogP contribution in [0.15, 0.2) is 97.2 Å². The van der Waals surface area contributed by atoms with Crippen LogP contribution in [0, 0.1) is 0 Å². The van der Waals surface area contributed by atoms with Crippen LogP contribution in [-0.4, -0.2) is 71.7 Å². The van der Waals surface area contributed by atoms with Crippen LogP contribution in [0.3, 0.4) is 0 Å². The Kier molecular flexibility index (Phi) is 39.4. The number of carbonyl (C=O) groups is 2. The molecule has 0 rings (SSSR count). The largest absolute Gasteiger partial charge is 0.472 e. The number of phosphoric acid groups is 1. The van der Waals surface area contributed by atoms with Crippen molar-refractivity contribution in [2.45, 2.75) is 161 Å². The van der Waals surface area contributed by atoms with Gasteiger partial charge < -0.3 is 30.3 Å². The maximum Gasteiger partial charge on any atom is 0.472 e. The summed E-state index contributed by atoms with van der Waals surface area (Å²) in [6.45, 7) is 3.26. The lowest BCUT2D eigenvalue weighted by Gasteiger charge is -2.19. The van der Waals surface area contributed by atoms with E-state index in [9.17, 15) is 29.3 Å². The quantitative estimate of drug-likeness (QED) is 0.0152. The molecule has 0 saturated heterocycles. The van der Waals surface area contributed by atoms with Crippen LogP contribution in [0.2, 0.25) is 0 Å². The Morgan fingerprint density at radius 2 is 1.24 bits per heavy atom. The van der Waals surface area contributed by atoms with Crippen LogP contribution in [0.25, 0.3) is 0 Å². The normalized spacial score (nSPS) is 15.3. The van der Waals surface area contributed by atoms with E-state index in [2.05, 4.69) is 38.2 Å². The Morgan fingerprint density at radius 1 is 0.627 bits per heavy atom. The number of carbonyl (C=O) groups excluding carboxylic acids is 2. The molecule has 4 atom stereocenters. The van der Waals surface area contributed by atoms with Crippen molar-refractivity contribution in [3.63, 3.8) is 0 Å². The average Bonchev–Trinajstić information content (AvgIpc) is 3.21. The zero-order chi connectivity index (χ0) is 43.5. The van der Waals surface area contributed by atoms with Gasteiger partial charge in [-0.25, -0.2) is 4.57 Å². The number of allylic oxidation sites excluding steroid dienone is 12. The molecule has 0 aliphatic carbocycles. The summed E-state index contributed by atoms with van der Waals surface area (Å²) >= 11 is 0. The van der Waals surface area contributed by atoms with Crippen LogP contribution in [0.4, 0.5) is 0 Å². The van der Waals surface area contributed by atoms with E-state index >= 15 is 0 Å². The molecule has 0 aliphatic heterocycles. The van der Waals surface area contributed by atoms with Gasteiger partial charge in [0.2, 0.25) is 0 Å². The lowest BCUT2D eigenvalue weighted by Crippen LogP contribution is -2.29. The van der Waals surface area contributed by atoms with E-state index in [0.717, 1.165) is 44.9 Å². The number of aliphatic hydroxyl groups is 2. The molecule has 11 nitrogen and oxygen atoms in total. The number of hydrogen-bond acceptors (Lipinski definition) is 10. The Morgan fingerprint density at radius 3 is 1.92 bits per heavy atom. The molecule has 0 spiro atoms. The fraction of sp³-hybridized carbons (Fsp3) is 0.617. The van der Waals surface area contributed by atoms with Crippen LogP contribution < -0.4 is 5.73 Å². The molecule has 0 bridgehead atoms. The van der Waals surface area contributed by atoms with Gasteiger partial charge in [0, 0.05) is 19.4 Å². The second-order valence-electron chi connectivity index (χ2n) is 14.2. The van der Waals surface area contributed by atoms with Crippen LogP contribution in [-0.2, 0) is 32.7 Å². The van der Waals surface area contributed by atoms with Crippen molar-refractivity contribution < 1.29 is 47.8 Å². The second kappa shape index (κ2) is 41.6. The molecule has 0 radical (unpaired) electrons. The highest BCUT2D eigenvalue weighted by Gasteiger charge is 2.26. The maximum absolute atomic E-state index is 12.6. The minimum atomic E-state index is -4.43. The number of ether oxygens (including phenoxy) is 2. The van der Waals surface area contributed by atoms with Crippen molar-refractivity contribution in [1.82, 2.24) is 0 Å². The first kappa shape index (κ1) is 55.9. The van der Waals surface area contributed by atoms with E-state index in [1.165, 1.54) is 38.5 Å². The molecule has 336 valence electrons. The van der Waals surface area contributed by atoms with Gasteiger partial charge in [-0.2, -0.15) is 0 Å². The highest BCUT2D eigenvalue weighted by Crippen LogP contribution is 2.43. The Bertz CT molecular complexity index is 1320. The molecule has 59 heavy (non-hydrogen) atoms. The maximum atomic E-state index is 12.6. The van der Waals surface area contributed by atoms with Gasteiger partial charge in [-0.3, -0.25) is 18.6 Å². The summed E-state index contributed by atoms with van der Waals surface area (Å²) in [6, 6.07) is 0. The number of unbranched alkanes of at least 4 members (excludes halogenated alkanes) is 11. The summed E-state index contributed by atoms with van der Waals surface area (Å²) in [5.41, 5.74) is 5.33. The monoisotopic (exact) mass is 848 g/mol. The van der Waals surface area contributed by atoms with E-state index in [4.69, 9.17) is 24.3 Å². The lowest BCUT2D eigenvalue weighted by molar-refractivity contribution is -0.161. The number of phosphoric ester groups is 1. The fourth-order valence-electron chi connectivity index (χ4n) is 5.34. The molecule has 0 aromatic carbocycles.